The molecule has 0 amide bonds. The standard InChI is InChI=1S/C14H15F3N2O7/c1-6(20)24-5-10-9(25-7(2)21)3-11(26-10)19-4-8(14(15,16)17)12(22)18-13(19)23/h4,9-11H,3,5H2,1-2H3,(H,18,22,23)/t9-,10+,11-/m1/s1. The fourth-order valence-electron chi connectivity index (χ4n) is 2.46. The van der Waals surface area contributed by atoms with Crippen molar-refractivity contribution in [3.05, 3.63) is 32.6 Å². The lowest BCUT2D eigenvalue weighted by atomic mass is 10.2. The Hall–Kier alpha value is -2.63. The minimum atomic E-state index is -4.98. The second kappa shape index (κ2) is 7.32. The topological polar surface area (TPSA) is 117 Å². The highest BCUT2D eigenvalue weighted by atomic mass is 19.4. The molecule has 144 valence electrons. The molecule has 1 N–H and O–H groups in total. The summed E-state index contributed by atoms with van der Waals surface area (Å²) in [6.07, 6.45) is -8.01. The number of nitrogens with one attached hydrogen (secondary N) is 1. The molecule has 1 aromatic heterocycles. The average Bonchev–Trinajstić information content (AvgIpc) is 2.85. The first-order valence-corrected chi connectivity index (χ1v) is 7.37. The van der Waals surface area contributed by atoms with E-state index in [1.807, 2.05) is 0 Å². The lowest BCUT2D eigenvalue weighted by Crippen LogP contribution is -2.36. The number of ether oxygens (including phenoxy) is 3. The molecule has 1 saturated heterocycles. The Morgan fingerprint density at radius 3 is 2.50 bits per heavy atom. The van der Waals surface area contributed by atoms with Gasteiger partial charge in [-0.2, -0.15) is 13.2 Å². The number of nitrogens with zero attached hydrogens (tertiary/aromatic N) is 1. The van der Waals surface area contributed by atoms with Crippen LogP contribution in [0.5, 0.6) is 0 Å². The lowest BCUT2D eigenvalue weighted by molar-refractivity contribution is -0.155. The fraction of sp³-hybridized carbons (Fsp3) is 0.571. The van der Waals surface area contributed by atoms with Crippen molar-refractivity contribution in [2.75, 3.05) is 6.61 Å². The predicted octanol–water partition coefficient (Wildman–Crippen LogP) is 0.338. The van der Waals surface area contributed by atoms with Gasteiger partial charge in [-0.1, -0.05) is 0 Å². The van der Waals surface area contributed by atoms with Crippen LogP contribution in [0.2, 0.25) is 0 Å². The molecule has 0 unspecified atom stereocenters. The molecule has 0 aromatic carbocycles. The number of rotatable bonds is 4. The molecule has 0 radical (unpaired) electrons. The van der Waals surface area contributed by atoms with Crippen LogP contribution in [0, 0.1) is 0 Å². The van der Waals surface area contributed by atoms with Gasteiger partial charge in [-0.3, -0.25) is 23.9 Å². The van der Waals surface area contributed by atoms with Gasteiger partial charge in [0, 0.05) is 26.5 Å². The van der Waals surface area contributed by atoms with Crippen LogP contribution in [0.25, 0.3) is 0 Å². The van der Waals surface area contributed by atoms with Gasteiger partial charge in [0.05, 0.1) is 0 Å². The summed E-state index contributed by atoms with van der Waals surface area (Å²) in [5, 5.41) is 0. The van der Waals surface area contributed by atoms with Crippen LogP contribution < -0.4 is 11.2 Å². The third-order valence-electron chi connectivity index (χ3n) is 3.53. The number of halogens is 3. The Labute approximate surface area is 143 Å². The largest absolute Gasteiger partial charge is 0.463 e. The van der Waals surface area contributed by atoms with Crippen LogP contribution in [-0.4, -0.2) is 40.3 Å². The quantitative estimate of drug-likeness (QED) is 0.749. The summed E-state index contributed by atoms with van der Waals surface area (Å²) >= 11 is 0. The molecule has 1 aliphatic heterocycles. The van der Waals surface area contributed by atoms with Crippen molar-refractivity contribution in [3.8, 4) is 0 Å². The second-order valence-electron chi connectivity index (χ2n) is 5.52. The molecule has 1 aliphatic rings. The van der Waals surface area contributed by atoms with E-state index in [-0.39, 0.29) is 13.0 Å². The van der Waals surface area contributed by atoms with Crippen LogP contribution in [0.3, 0.4) is 0 Å². The Balaban J connectivity index is 2.33. The number of carbonyl (C=O) groups excluding carboxylic acids is 2. The molecule has 0 spiro atoms. The Morgan fingerprint density at radius 1 is 1.31 bits per heavy atom. The normalized spacial score (nSPS) is 22.9. The van der Waals surface area contributed by atoms with Gasteiger partial charge >= 0.3 is 23.8 Å². The number of aromatic nitrogens is 2. The smallest absolute Gasteiger partial charge is 0.423 e. The molecule has 0 saturated carbocycles. The van der Waals surface area contributed by atoms with Gasteiger partial charge in [0.25, 0.3) is 5.56 Å². The molecule has 3 atom stereocenters. The fourth-order valence-corrected chi connectivity index (χ4v) is 2.46. The zero-order valence-corrected chi connectivity index (χ0v) is 13.7. The van der Waals surface area contributed by atoms with Gasteiger partial charge < -0.3 is 14.2 Å². The number of esters is 2. The summed E-state index contributed by atoms with van der Waals surface area (Å²) in [7, 11) is 0. The van der Waals surface area contributed by atoms with Crippen molar-refractivity contribution < 1.29 is 37.0 Å². The van der Waals surface area contributed by atoms with Gasteiger partial charge in [0.2, 0.25) is 0 Å². The van der Waals surface area contributed by atoms with E-state index >= 15 is 0 Å². The number of H-pyrrole nitrogens is 1. The third kappa shape index (κ3) is 4.50. The molecule has 1 aromatic rings. The number of aromatic amines is 1. The summed E-state index contributed by atoms with van der Waals surface area (Å²) in [6, 6.07) is 0. The summed E-state index contributed by atoms with van der Waals surface area (Å²) in [5.74, 6) is -1.32. The van der Waals surface area contributed by atoms with Crippen molar-refractivity contribution in [1.29, 1.82) is 0 Å². The van der Waals surface area contributed by atoms with Crippen molar-refractivity contribution in [2.45, 2.75) is 44.9 Å². The van der Waals surface area contributed by atoms with Crippen LogP contribution in [0.15, 0.2) is 15.8 Å². The van der Waals surface area contributed by atoms with E-state index in [4.69, 9.17) is 14.2 Å². The van der Waals surface area contributed by atoms with Crippen molar-refractivity contribution in [2.24, 2.45) is 0 Å². The maximum absolute atomic E-state index is 12.9. The summed E-state index contributed by atoms with van der Waals surface area (Å²) in [5.41, 5.74) is -4.28. The molecule has 26 heavy (non-hydrogen) atoms. The maximum atomic E-state index is 12.9. The first-order chi connectivity index (χ1) is 12.0. The monoisotopic (exact) mass is 380 g/mol. The number of hydrogen-bond acceptors (Lipinski definition) is 7. The predicted molar refractivity (Wildman–Crippen MR) is 77.0 cm³/mol. The molecule has 12 heteroatoms. The maximum Gasteiger partial charge on any atom is 0.423 e. The number of carbonyl (C=O) groups is 2. The molecular formula is C14H15F3N2O7. The summed E-state index contributed by atoms with van der Waals surface area (Å²) < 4.78 is 54.4. The highest BCUT2D eigenvalue weighted by Gasteiger charge is 2.41. The van der Waals surface area contributed by atoms with E-state index < -0.39 is 53.4 Å². The lowest BCUT2D eigenvalue weighted by Gasteiger charge is -2.18. The minimum Gasteiger partial charge on any atom is -0.463 e. The first-order valence-electron chi connectivity index (χ1n) is 7.37. The molecule has 2 heterocycles. The van der Waals surface area contributed by atoms with E-state index in [0.29, 0.717) is 10.8 Å². The molecule has 2 rings (SSSR count). The molecule has 0 bridgehead atoms. The molecular weight excluding hydrogens is 365 g/mol. The third-order valence-corrected chi connectivity index (χ3v) is 3.53. The van der Waals surface area contributed by atoms with E-state index in [2.05, 4.69) is 0 Å². The first kappa shape index (κ1) is 19.7. The van der Waals surface area contributed by atoms with Crippen molar-refractivity contribution in [3.63, 3.8) is 0 Å². The van der Waals surface area contributed by atoms with E-state index in [1.54, 1.807) is 4.98 Å². The summed E-state index contributed by atoms with van der Waals surface area (Å²) in [6.45, 7) is 1.92. The highest BCUT2D eigenvalue weighted by molar-refractivity contribution is 5.66. The molecule has 9 nitrogen and oxygen atoms in total. The zero-order valence-electron chi connectivity index (χ0n) is 13.7. The van der Waals surface area contributed by atoms with Crippen molar-refractivity contribution >= 4 is 11.9 Å². The van der Waals surface area contributed by atoms with Crippen LogP contribution in [0.1, 0.15) is 32.1 Å². The van der Waals surface area contributed by atoms with Crippen LogP contribution in [-0.2, 0) is 30.0 Å². The van der Waals surface area contributed by atoms with Crippen LogP contribution >= 0.6 is 0 Å². The Morgan fingerprint density at radius 2 is 1.96 bits per heavy atom. The van der Waals surface area contributed by atoms with Gasteiger partial charge in [0.15, 0.2) is 0 Å². The minimum absolute atomic E-state index is 0.172. The molecule has 1 fully saturated rings. The van der Waals surface area contributed by atoms with E-state index in [9.17, 15) is 32.3 Å². The number of hydrogen-bond donors (Lipinski definition) is 1. The van der Waals surface area contributed by atoms with Crippen LogP contribution in [0.4, 0.5) is 13.2 Å². The Bertz CT molecular complexity index is 814. The van der Waals surface area contributed by atoms with E-state index in [1.165, 1.54) is 0 Å². The van der Waals surface area contributed by atoms with Gasteiger partial charge in [-0.15, -0.1) is 0 Å². The molecule has 0 aliphatic carbocycles. The number of alkyl halides is 3. The zero-order chi connectivity index (χ0) is 19.6. The SMILES string of the molecule is CC(=O)OC[C@@H]1O[C@@H](n2cc(C(F)(F)F)c(=O)[nH]c2=O)C[C@H]1OC(C)=O. The Kier molecular flexibility index (Phi) is 5.54. The average molecular weight is 380 g/mol. The van der Waals surface area contributed by atoms with Gasteiger partial charge in [0.1, 0.15) is 30.6 Å². The highest BCUT2D eigenvalue weighted by Crippen LogP contribution is 2.32. The van der Waals surface area contributed by atoms with Gasteiger partial charge in [-0.25, -0.2) is 4.79 Å². The van der Waals surface area contributed by atoms with Crippen molar-refractivity contribution in [1.82, 2.24) is 9.55 Å². The van der Waals surface area contributed by atoms with Gasteiger partial charge in [-0.05, 0) is 0 Å². The summed E-state index contributed by atoms with van der Waals surface area (Å²) in [4.78, 5) is 46.9. The van der Waals surface area contributed by atoms with E-state index in [0.717, 1.165) is 13.8 Å². The second-order valence-corrected chi connectivity index (χ2v) is 5.52.